The standard InChI is InChI=1S/C14H20O3/c1-10(12(15)14(2,3)4)13(16)17-11-8-6-5-7-9-11/h5-10,12,15H,1-4H3/t10-,12-/m1/s1. The lowest BCUT2D eigenvalue weighted by molar-refractivity contribution is -0.144. The third-order valence-electron chi connectivity index (χ3n) is 2.69. The maximum absolute atomic E-state index is 11.8. The van der Waals surface area contributed by atoms with Gasteiger partial charge in [0.1, 0.15) is 5.75 Å². The van der Waals surface area contributed by atoms with E-state index in [2.05, 4.69) is 0 Å². The number of ether oxygens (including phenoxy) is 1. The lowest BCUT2D eigenvalue weighted by Gasteiger charge is -2.29. The van der Waals surface area contributed by atoms with Gasteiger partial charge in [-0.1, -0.05) is 39.0 Å². The van der Waals surface area contributed by atoms with Gasteiger partial charge < -0.3 is 9.84 Å². The van der Waals surface area contributed by atoms with Crippen molar-refractivity contribution in [3.63, 3.8) is 0 Å². The molecule has 3 heteroatoms. The normalized spacial score (nSPS) is 15.1. The molecule has 3 nitrogen and oxygen atoms in total. The molecule has 0 aromatic heterocycles. The fourth-order valence-electron chi connectivity index (χ4n) is 1.58. The van der Waals surface area contributed by atoms with E-state index < -0.39 is 18.0 Å². The molecule has 0 unspecified atom stereocenters. The Balaban J connectivity index is 2.65. The number of hydrogen-bond acceptors (Lipinski definition) is 3. The highest BCUT2D eigenvalue weighted by molar-refractivity contribution is 5.75. The van der Waals surface area contributed by atoms with E-state index in [4.69, 9.17) is 4.74 Å². The molecule has 0 aliphatic carbocycles. The number of rotatable bonds is 3. The summed E-state index contributed by atoms with van der Waals surface area (Å²) in [4.78, 5) is 11.8. The molecular weight excluding hydrogens is 216 g/mol. The van der Waals surface area contributed by atoms with Crippen LogP contribution < -0.4 is 4.74 Å². The Morgan fingerprint density at radius 3 is 2.24 bits per heavy atom. The Bertz CT molecular complexity index is 365. The topological polar surface area (TPSA) is 46.5 Å². The van der Waals surface area contributed by atoms with Crippen molar-refractivity contribution in [1.29, 1.82) is 0 Å². The van der Waals surface area contributed by atoms with Crippen molar-refractivity contribution in [2.24, 2.45) is 11.3 Å². The number of aliphatic hydroxyl groups is 1. The number of aliphatic hydroxyl groups excluding tert-OH is 1. The van der Waals surface area contributed by atoms with E-state index in [1.165, 1.54) is 0 Å². The number of hydrogen-bond donors (Lipinski definition) is 1. The zero-order valence-electron chi connectivity index (χ0n) is 10.8. The smallest absolute Gasteiger partial charge is 0.316 e. The first-order valence-corrected chi connectivity index (χ1v) is 5.77. The molecule has 1 rings (SSSR count). The zero-order valence-corrected chi connectivity index (χ0v) is 10.8. The summed E-state index contributed by atoms with van der Waals surface area (Å²) in [5.74, 6) is -0.445. The van der Waals surface area contributed by atoms with Crippen molar-refractivity contribution in [1.82, 2.24) is 0 Å². The molecule has 1 N–H and O–H groups in total. The molecule has 2 atom stereocenters. The molecule has 0 heterocycles. The van der Waals surface area contributed by atoms with Gasteiger partial charge in [0.15, 0.2) is 0 Å². The summed E-state index contributed by atoms with van der Waals surface area (Å²) >= 11 is 0. The molecule has 0 spiro atoms. The van der Waals surface area contributed by atoms with E-state index >= 15 is 0 Å². The van der Waals surface area contributed by atoms with Crippen LogP contribution in [0.15, 0.2) is 30.3 Å². The summed E-state index contributed by atoms with van der Waals surface area (Å²) in [6.45, 7) is 7.36. The van der Waals surface area contributed by atoms with Crippen LogP contribution in [0.1, 0.15) is 27.7 Å². The second-order valence-electron chi connectivity index (χ2n) is 5.33. The van der Waals surface area contributed by atoms with Gasteiger partial charge in [-0.05, 0) is 24.5 Å². The average molecular weight is 236 g/mol. The third kappa shape index (κ3) is 3.86. The molecule has 0 aliphatic rings. The summed E-state index contributed by atoms with van der Waals surface area (Å²) in [6, 6.07) is 8.88. The molecule has 0 saturated carbocycles. The Morgan fingerprint density at radius 1 is 1.24 bits per heavy atom. The molecule has 1 aromatic carbocycles. The first-order valence-electron chi connectivity index (χ1n) is 5.77. The Labute approximate surface area is 102 Å². The van der Waals surface area contributed by atoms with Gasteiger partial charge in [0, 0.05) is 0 Å². The predicted molar refractivity (Wildman–Crippen MR) is 66.7 cm³/mol. The van der Waals surface area contributed by atoms with Crippen LogP contribution in [0.5, 0.6) is 5.75 Å². The average Bonchev–Trinajstić information content (AvgIpc) is 2.27. The Morgan fingerprint density at radius 2 is 1.76 bits per heavy atom. The van der Waals surface area contributed by atoms with Gasteiger partial charge >= 0.3 is 5.97 Å². The van der Waals surface area contributed by atoms with Gasteiger partial charge in [-0.15, -0.1) is 0 Å². The fourth-order valence-corrected chi connectivity index (χ4v) is 1.58. The van der Waals surface area contributed by atoms with E-state index in [-0.39, 0.29) is 5.41 Å². The summed E-state index contributed by atoms with van der Waals surface area (Å²) in [7, 11) is 0. The third-order valence-corrected chi connectivity index (χ3v) is 2.69. The van der Waals surface area contributed by atoms with Gasteiger partial charge in [-0.2, -0.15) is 0 Å². The molecule has 17 heavy (non-hydrogen) atoms. The van der Waals surface area contributed by atoms with Crippen molar-refractivity contribution in [3.8, 4) is 5.75 Å². The molecule has 1 aromatic rings. The van der Waals surface area contributed by atoms with Gasteiger partial charge in [0.05, 0.1) is 12.0 Å². The summed E-state index contributed by atoms with van der Waals surface area (Å²) in [5, 5.41) is 10.0. The van der Waals surface area contributed by atoms with Gasteiger partial charge in [-0.25, -0.2) is 0 Å². The largest absolute Gasteiger partial charge is 0.426 e. The first kappa shape index (κ1) is 13.7. The van der Waals surface area contributed by atoms with Crippen LogP contribution in [0.3, 0.4) is 0 Å². The number of carbonyl (C=O) groups is 1. The quantitative estimate of drug-likeness (QED) is 0.648. The van der Waals surface area contributed by atoms with Gasteiger partial charge in [-0.3, -0.25) is 4.79 Å². The minimum absolute atomic E-state index is 0.338. The number of para-hydroxylation sites is 1. The number of carbonyl (C=O) groups excluding carboxylic acids is 1. The summed E-state index contributed by atoms with van der Waals surface area (Å²) in [5.41, 5.74) is -0.338. The van der Waals surface area contributed by atoms with Crippen LogP contribution in [0.2, 0.25) is 0 Å². The number of benzene rings is 1. The van der Waals surface area contributed by atoms with Crippen molar-refractivity contribution in [2.45, 2.75) is 33.8 Å². The number of esters is 1. The van der Waals surface area contributed by atoms with E-state index in [1.54, 1.807) is 31.2 Å². The van der Waals surface area contributed by atoms with E-state index in [9.17, 15) is 9.90 Å². The van der Waals surface area contributed by atoms with Crippen LogP contribution in [0, 0.1) is 11.3 Å². The highest BCUT2D eigenvalue weighted by Crippen LogP contribution is 2.26. The Hall–Kier alpha value is -1.35. The van der Waals surface area contributed by atoms with Crippen LogP contribution in [-0.4, -0.2) is 17.2 Å². The van der Waals surface area contributed by atoms with Crippen LogP contribution >= 0.6 is 0 Å². The molecule has 0 bridgehead atoms. The van der Waals surface area contributed by atoms with Crippen molar-refractivity contribution < 1.29 is 14.6 Å². The molecule has 0 amide bonds. The monoisotopic (exact) mass is 236 g/mol. The van der Waals surface area contributed by atoms with Crippen molar-refractivity contribution in [2.75, 3.05) is 0 Å². The zero-order chi connectivity index (χ0) is 13.1. The van der Waals surface area contributed by atoms with Crippen LogP contribution in [0.25, 0.3) is 0 Å². The minimum atomic E-state index is -0.723. The highest BCUT2D eigenvalue weighted by Gasteiger charge is 2.33. The maximum Gasteiger partial charge on any atom is 0.316 e. The Kier molecular flexibility index (Phi) is 4.29. The van der Waals surface area contributed by atoms with E-state index in [0.29, 0.717) is 5.75 Å². The second-order valence-corrected chi connectivity index (χ2v) is 5.33. The van der Waals surface area contributed by atoms with Gasteiger partial charge in [0.25, 0.3) is 0 Å². The predicted octanol–water partition coefficient (Wildman–Crippen LogP) is 2.64. The molecular formula is C14H20O3. The molecule has 94 valence electrons. The van der Waals surface area contributed by atoms with Gasteiger partial charge in [0.2, 0.25) is 0 Å². The fraction of sp³-hybridized carbons (Fsp3) is 0.500. The lowest BCUT2D eigenvalue weighted by atomic mass is 9.82. The lowest BCUT2D eigenvalue weighted by Crippen LogP contribution is -2.38. The molecule has 0 radical (unpaired) electrons. The van der Waals surface area contributed by atoms with E-state index in [0.717, 1.165) is 0 Å². The summed E-state index contributed by atoms with van der Waals surface area (Å²) < 4.78 is 5.19. The van der Waals surface area contributed by atoms with Crippen molar-refractivity contribution >= 4 is 5.97 Å². The van der Waals surface area contributed by atoms with Crippen molar-refractivity contribution in [3.05, 3.63) is 30.3 Å². The maximum atomic E-state index is 11.8. The molecule has 0 fully saturated rings. The molecule has 0 saturated heterocycles. The molecule has 0 aliphatic heterocycles. The van der Waals surface area contributed by atoms with Crippen LogP contribution in [0.4, 0.5) is 0 Å². The highest BCUT2D eigenvalue weighted by atomic mass is 16.5. The summed E-state index contributed by atoms with van der Waals surface area (Å²) in [6.07, 6.45) is -0.723. The first-order chi connectivity index (χ1) is 7.82. The van der Waals surface area contributed by atoms with E-state index in [1.807, 2.05) is 26.8 Å². The SMILES string of the molecule is C[C@@H](C(=O)Oc1ccccc1)[C@@H](O)C(C)(C)C. The second kappa shape index (κ2) is 5.32. The van der Waals surface area contributed by atoms with Crippen LogP contribution in [-0.2, 0) is 4.79 Å². The minimum Gasteiger partial charge on any atom is -0.426 e.